The van der Waals surface area contributed by atoms with E-state index >= 15 is 0 Å². The van der Waals surface area contributed by atoms with Gasteiger partial charge in [0.2, 0.25) is 0 Å². The van der Waals surface area contributed by atoms with Crippen molar-refractivity contribution in [3.8, 4) is 0 Å². The second kappa shape index (κ2) is 5.23. The number of alkyl halides is 3. The number of halogens is 3. The zero-order valence-electron chi connectivity index (χ0n) is 10.4. The Morgan fingerprint density at radius 3 is 2.42 bits per heavy atom. The van der Waals surface area contributed by atoms with Crippen LogP contribution < -0.4 is 5.56 Å². The summed E-state index contributed by atoms with van der Waals surface area (Å²) in [6.45, 7) is 0.319. The maximum absolute atomic E-state index is 12.7. The van der Waals surface area contributed by atoms with Crippen molar-refractivity contribution in [3.63, 3.8) is 0 Å². The van der Waals surface area contributed by atoms with Gasteiger partial charge in [-0.25, -0.2) is 0 Å². The van der Waals surface area contributed by atoms with Crippen LogP contribution in [0.25, 0.3) is 0 Å². The highest BCUT2D eigenvalue weighted by Gasteiger charge is 2.35. The fraction of sp³-hybridized carbons (Fsp3) is 0.615. The van der Waals surface area contributed by atoms with Gasteiger partial charge >= 0.3 is 6.18 Å². The van der Waals surface area contributed by atoms with E-state index in [9.17, 15) is 18.0 Å². The Hall–Kier alpha value is -0.910. The number of thiol groups is 1. The molecule has 1 aromatic heterocycles. The number of hydrogen-bond donors (Lipinski definition) is 1. The average molecular weight is 291 g/mol. The van der Waals surface area contributed by atoms with Gasteiger partial charge < -0.3 is 4.57 Å². The number of pyridine rings is 1. The van der Waals surface area contributed by atoms with Gasteiger partial charge in [-0.05, 0) is 30.1 Å². The zero-order chi connectivity index (χ0) is 14.1. The van der Waals surface area contributed by atoms with E-state index in [1.165, 1.54) is 4.57 Å². The summed E-state index contributed by atoms with van der Waals surface area (Å²) in [7, 11) is 0. The summed E-state index contributed by atoms with van der Waals surface area (Å²) in [6, 6.07) is 1.82. The molecule has 1 heterocycles. The monoisotopic (exact) mass is 291 g/mol. The molecule has 0 spiro atoms. The van der Waals surface area contributed by atoms with Crippen LogP contribution in [0.1, 0.15) is 31.2 Å². The van der Waals surface area contributed by atoms with Crippen LogP contribution in [-0.2, 0) is 12.7 Å². The first-order valence-electron chi connectivity index (χ1n) is 6.25. The van der Waals surface area contributed by atoms with Gasteiger partial charge in [-0.1, -0.05) is 12.8 Å². The molecule has 0 bridgehead atoms. The molecule has 0 unspecified atom stereocenters. The summed E-state index contributed by atoms with van der Waals surface area (Å²) in [5.41, 5.74) is -1.31. The maximum Gasteiger partial charge on any atom is 0.417 e. The minimum atomic E-state index is -4.42. The van der Waals surface area contributed by atoms with Gasteiger partial charge in [-0.2, -0.15) is 25.8 Å². The molecule has 2 rings (SSSR count). The molecule has 1 saturated carbocycles. The van der Waals surface area contributed by atoms with E-state index in [0.29, 0.717) is 12.3 Å². The molecule has 1 aliphatic rings. The Morgan fingerprint density at radius 1 is 1.26 bits per heavy atom. The van der Waals surface area contributed by atoms with Gasteiger partial charge in [0.15, 0.2) is 0 Å². The van der Waals surface area contributed by atoms with Gasteiger partial charge in [0.25, 0.3) is 5.56 Å². The van der Waals surface area contributed by atoms with Crippen LogP contribution in [0.2, 0.25) is 0 Å². The molecular formula is C13H16F3NOS. The molecule has 0 radical (unpaired) electrons. The predicted octanol–water partition coefficient (Wildman–Crippen LogP) is 3.36. The van der Waals surface area contributed by atoms with Gasteiger partial charge in [0.05, 0.1) is 5.56 Å². The molecule has 0 atom stereocenters. The molecule has 0 N–H and O–H groups in total. The Morgan fingerprint density at radius 2 is 1.89 bits per heavy atom. The summed E-state index contributed by atoms with van der Waals surface area (Å²) in [5, 5.41) is 0. The van der Waals surface area contributed by atoms with Crippen LogP contribution in [0.15, 0.2) is 23.1 Å². The lowest BCUT2D eigenvalue weighted by Gasteiger charge is -2.28. The lowest BCUT2D eigenvalue weighted by Crippen LogP contribution is -2.32. The van der Waals surface area contributed by atoms with Crippen molar-refractivity contribution < 1.29 is 13.2 Å². The third kappa shape index (κ3) is 3.16. The molecule has 1 fully saturated rings. The van der Waals surface area contributed by atoms with Crippen LogP contribution in [0.5, 0.6) is 0 Å². The molecule has 106 valence electrons. The maximum atomic E-state index is 12.7. The second-order valence-electron chi connectivity index (χ2n) is 5.25. The van der Waals surface area contributed by atoms with Crippen LogP contribution >= 0.6 is 12.6 Å². The van der Waals surface area contributed by atoms with Gasteiger partial charge in [0, 0.05) is 18.8 Å². The van der Waals surface area contributed by atoms with E-state index in [1.54, 1.807) is 0 Å². The molecule has 0 saturated heterocycles. The van der Waals surface area contributed by atoms with Gasteiger partial charge in [-0.3, -0.25) is 4.79 Å². The van der Waals surface area contributed by atoms with Crippen molar-refractivity contribution in [2.24, 2.45) is 5.41 Å². The first-order chi connectivity index (χ1) is 8.86. The largest absolute Gasteiger partial charge is 0.417 e. The highest BCUT2D eigenvalue weighted by atomic mass is 32.1. The van der Waals surface area contributed by atoms with Crippen molar-refractivity contribution in [2.45, 2.75) is 38.4 Å². The van der Waals surface area contributed by atoms with Crippen molar-refractivity contribution in [3.05, 3.63) is 34.2 Å². The van der Waals surface area contributed by atoms with Gasteiger partial charge in [0.1, 0.15) is 0 Å². The van der Waals surface area contributed by atoms with Crippen molar-refractivity contribution in [2.75, 3.05) is 5.75 Å². The average Bonchev–Trinajstić information content (AvgIpc) is 2.80. The topological polar surface area (TPSA) is 22.0 Å². The molecule has 0 aliphatic heterocycles. The summed E-state index contributed by atoms with van der Waals surface area (Å²) in [5.74, 6) is 0.593. The van der Waals surface area contributed by atoms with Crippen LogP contribution in [-0.4, -0.2) is 10.3 Å². The van der Waals surface area contributed by atoms with E-state index < -0.39 is 11.7 Å². The van der Waals surface area contributed by atoms with Crippen molar-refractivity contribution in [1.29, 1.82) is 0 Å². The lowest BCUT2D eigenvalue weighted by atomic mass is 9.88. The van der Waals surface area contributed by atoms with E-state index in [1.807, 2.05) is 0 Å². The Balaban J connectivity index is 2.31. The standard InChI is InChI=1S/C13H16F3NOS/c14-13(15,16)10-3-4-11(18)17(7-10)8-12(9-19)5-1-2-6-12/h3-4,7,19H,1-2,5-6,8-9H2. The van der Waals surface area contributed by atoms with E-state index in [2.05, 4.69) is 12.6 Å². The number of nitrogens with zero attached hydrogens (tertiary/aromatic N) is 1. The number of hydrogen-bond acceptors (Lipinski definition) is 2. The summed E-state index contributed by atoms with van der Waals surface area (Å²) in [4.78, 5) is 11.7. The minimum Gasteiger partial charge on any atom is -0.314 e. The fourth-order valence-electron chi connectivity index (χ4n) is 2.68. The molecule has 0 amide bonds. The minimum absolute atomic E-state index is 0.142. The quantitative estimate of drug-likeness (QED) is 0.848. The normalized spacial score (nSPS) is 18.7. The SMILES string of the molecule is O=c1ccc(C(F)(F)F)cn1CC1(CS)CCCC1. The molecule has 1 aromatic rings. The fourth-order valence-corrected chi connectivity index (χ4v) is 3.09. The summed E-state index contributed by atoms with van der Waals surface area (Å²) in [6.07, 6.45) is 0.437. The Labute approximate surface area is 115 Å². The van der Waals surface area contributed by atoms with E-state index in [-0.39, 0.29) is 11.0 Å². The third-order valence-corrected chi connectivity index (χ3v) is 4.49. The van der Waals surface area contributed by atoms with Crippen LogP contribution in [0, 0.1) is 5.41 Å². The van der Waals surface area contributed by atoms with Crippen LogP contribution in [0.4, 0.5) is 13.2 Å². The van der Waals surface area contributed by atoms with Crippen molar-refractivity contribution >= 4 is 12.6 Å². The highest BCUT2D eigenvalue weighted by Crippen LogP contribution is 2.40. The first-order valence-corrected chi connectivity index (χ1v) is 6.88. The number of rotatable bonds is 3. The smallest absolute Gasteiger partial charge is 0.314 e. The first kappa shape index (κ1) is 14.5. The summed E-state index contributed by atoms with van der Waals surface area (Å²) < 4.78 is 39.2. The van der Waals surface area contributed by atoms with E-state index in [4.69, 9.17) is 0 Å². The molecule has 0 aromatic carbocycles. The molecule has 2 nitrogen and oxygen atoms in total. The molecule has 6 heteroatoms. The Kier molecular flexibility index (Phi) is 3.99. The number of aromatic nitrogens is 1. The van der Waals surface area contributed by atoms with E-state index in [0.717, 1.165) is 44.0 Å². The zero-order valence-corrected chi connectivity index (χ0v) is 11.3. The molecule has 19 heavy (non-hydrogen) atoms. The van der Waals surface area contributed by atoms with Gasteiger partial charge in [-0.15, -0.1) is 0 Å². The lowest BCUT2D eigenvalue weighted by molar-refractivity contribution is -0.138. The molecule has 1 aliphatic carbocycles. The predicted molar refractivity (Wildman–Crippen MR) is 70.5 cm³/mol. The van der Waals surface area contributed by atoms with Crippen LogP contribution in [0.3, 0.4) is 0 Å². The molecular weight excluding hydrogens is 275 g/mol. The second-order valence-corrected chi connectivity index (χ2v) is 5.56. The van der Waals surface area contributed by atoms with Crippen molar-refractivity contribution in [1.82, 2.24) is 4.57 Å². The Bertz CT molecular complexity index is 503. The highest BCUT2D eigenvalue weighted by molar-refractivity contribution is 7.80. The summed E-state index contributed by atoms with van der Waals surface area (Å²) >= 11 is 4.31. The third-order valence-electron chi connectivity index (χ3n) is 3.82.